The molecule has 36 heavy (non-hydrogen) atoms. The zero-order valence-electron chi connectivity index (χ0n) is 20.5. The molecule has 3 aromatic rings. The van der Waals surface area contributed by atoms with Gasteiger partial charge in [-0.1, -0.05) is 13.8 Å². The normalized spacial score (nSPS) is 20.9. The molecule has 2 aromatic heterocycles. The van der Waals surface area contributed by atoms with E-state index in [0.717, 1.165) is 38.1 Å². The van der Waals surface area contributed by atoms with E-state index >= 15 is 0 Å². The summed E-state index contributed by atoms with van der Waals surface area (Å²) in [5.41, 5.74) is 6.54. The molecule has 2 saturated heterocycles. The van der Waals surface area contributed by atoms with Gasteiger partial charge in [-0.3, -0.25) is 0 Å². The van der Waals surface area contributed by atoms with E-state index in [2.05, 4.69) is 25.0 Å². The zero-order chi connectivity index (χ0) is 25.2. The number of hydrogen-bond donors (Lipinski definition) is 1. The number of hydrogen-bond acceptors (Lipinski definition) is 9. The van der Waals surface area contributed by atoms with E-state index in [1.54, 1.807) is 12.4 Å². The highest BCUT2D eigenvalue weighted by Gasteiger charge is 2.34. The number of rotatable bonds is 7. The summed E-state index contributed by atoms with van der Waals surface area (Å²) in [4.78, 5) is 17.4. The van der Waals surface area contributed by atoms with Gasteiger partial charge in [0.05, 0.1) is 19.0 Å². The largest absolute Gasteiger partial charge is 0.490 e. The molecular weight excluding hydrogens is 468 g/mol. The van der Waals surface area contributed by atoms with Crippen molar-refractivity contribution in [1.82, 2.24) is 20.1 Å². The van der Waals surface area contributed by atoms with Crippen molar-refractivity contribution in [2.24, 2.45) is 11.7 Å². The molecule has 9 nitrogen and oxygen atoms in total. The molecule has 5 rings (SSSR count). The number of nitrogens with zero attached hydrogens (tertiary/aromatic N) is 6. The zero-order valence-corrected chi connectivity index (χ0v) is 20.5. The number of ether oxygens (including phenoxy) is 1. The van der Waals surface area contributed by atoms with E-state index in [1.807, 2.05) is 18.7 Å². The van der Waals surface area contributed by atoms with Crippen molar-refractivity contribution < 1.29 is 18.0 Å². The number of anilines is 2. The number of halogens is 2. The van der Waals surface area contributed by atoms with Gasteiger partial charge in [0, 0.05) is 44.1 Å². The Labute approximate surface area is 208 Å². The Hall–Kier alpha value is -3.34. The average molecular weight is 500 g/mol. The number of benzene rings is 1. The van der Waals surface area contributed by atoms with Crippen LogP contribution in [0, 0.1) is 17.6 Å². The smallest absolute Gasteiger partial charge is 0.266 e. The predicted molar refractivity (Wildman–Crippen MR) is 130 cm³/mol. The van der Waals surface area contributed by atoms with Gasteiger partial charge in [-0.15, -0.1) is 0 Å². The molecule has 2 atom stereocenters. The minimum atomic E-state index is -0.476. The van der Waals surface area contributed by atoms with Crippen molar-refractivity contribution in [1.29, 1.82) is 0 Å². The quantitative estimate of drug-likeness (QED) is 0.523. The van der Waals surface area contributed by atoms with Crippen LogP contribution in [0.4, 0.5) is 20.7 Å². The maximum absolute atomic E-state index is 14.3. The van der Waals surface area contributed by atoms with Gasteiger partial charge in [-0.2, -0.15) is 4.98 Å². The van der Waals surface area contributed by atoms with Crippen LogP contribution in [0.3, 0.4) is 0 Å². The third-order valence-electron chi connectivity index (χ3n) is 6.93. The molecule has 1 aromatic carbocycles. The molecule has 0 amide bonds. The highest BCUT2D eigenvalue weighted by atomic mass is 19.1. The van der Waals surface area contributed by atoms with Gasteiger partial charge in [-0.05, 0) is 47.7 Å². The van der Waals surface area contributed by atoms with Gasteiger partial charge in [-0.25, -0.2) is 18.7 Å². The van der Waals surface area contributed by atoms with Crippen LogP contribution < -0.4 is 20.3 Å². The lowest BCUT2D eigenvalue weighted by molar-refractivity contribution is 0.221. The minimum Gasteiger partial charge on any atom is -0.490 e. The van der Waals surface area contributed by atoms with Crippen molar-refractivity contribution >= 4 is 11.9 Å². The molecule has 0 radical (unpaired) electrons. The van der Waals surface area contributed by atoms with Gasteiger partial charge < -0.3 is 24.8 Å². The van der Waals surface area contributed by atoms with Gasteiger partial charge in [0.15, 0.2) is 5.75 Å². The second-order valence-corrected chi connectivity index (χ2v) is 9.89. The predicted octanol–water partition coefficient (Wildman–Crippen LogP) is 3.49. The Bertz CT molecular complexity index is 1170. The van der Waals surface area contributed by atoms with Crippen LogP contribution in [-0.4, -0.2) is 58.9 Å². The second-order valence-electron chi connectivity index (χ2n) is 9.89. The van der Waals surface area contributed by atoms with Gasteiger partial charge in [0.2, 0.25) is 11.8 Å². The van der Waals surface area contributed by atoms with Crippen molar-refractivity contribution in [2.75, 3.05) is 42.6 Å². The van der Waals surface area contributed by atoms with E-state index in [0.29, 0.717) is 49.2 Å². The van der Waals surface area contributed by atoms with Crippen molar-refractivity contribution in [3.63, 3.8) is 0 Å². The van der Waals surface area contributed by atoms with E-state index < -0.39 is 11.6 Å². The number of piperidine rings is 1. The standard InChI is InChI=1S/C25H31F2N7O2/c1-15(2)23-31-25(32-36-23)33-7-5-16(6-8-33)14-35-18-10-29-24(30-11-18)34-12-20(22(28)13-34)19-9-17(26)3-4-21(19)27/h3-4,9-11,15-16,20,22H,5-8,12-14,28H2,1-2H3/t20-,22+/m1/s1. The van der Waals surface area contributed by atoms with Gasteiger partial charge in [0.1, 0.15) is 11.6 Å². The molecule has 2 fully saturated rings. The Morgan fingerprint density at radius 1 is 1.08 bits per heavy atom. The second kappa shape index (κ2) is 10.3. The minimum absolute atomic E-state index is 0.214. The average Bonchev–Trinajstić information content (AvgIpc) is 3.52. The lowest BCUT2D eigenvalue weighted by atomic mass is 9.94. The third kappa shape index (κ3) is 5.25. The van der Waals surface area contributed by atoms with Crippen LogP contribution >= 0.6 is 0 Å². The fourth-order valence-corrected chi connectivity index (χ4v) is 4.77. The highest BCUT2D eigenvalue weighted by molar-refractivity contribution is 5.39. The summed E-state index contributed by atoms with van der Waals surface area (Å²) in [7, 11) is 0. The van der Waals surface area contributed by atoms with E-state index in [1.165, 1.54) is 6.07 Å². The van der Waals surface area contributed by atoms with Crippen LogP contribution in [0.15, 0.2) is 35.1 Å². The summed E-state index contributed by atoms with van der Waals surface area (Å²) in [5.74, 6) is 1.76. The third-order valence-corrected chi connectivity index (χ3v) is 6.93. The molecule has 2 N–H and O–H groups in total. The maximum Gasteiger partial charge on any atom is 0.266 e. The topological polar surface area (TPSA) is 106 Å². The maximum atomic E-state index is 14.3. The fraction of sp³-hybridized carbons (Fsp3) is 0.520. The molecule has 2 aliphatic heterocycles. The first-order valence-corrected chi connectivity index (χ1v) is 12.4. The summed E-state index contributed by atoms with van der Waals surface area (Å²) < 4.78 is 39.2. The Morgan fingerprint density at radius 3 is 2.53 bits per heavy atom. The first-order valence-electron chi connectivity index (χ1n) is 12.4. The van der Waals surface area contributed by atoms with Gasteiger partial charge >= 0.3 is 0 Å². The SMILES string of the molecule is CC(C)c1nc(N2CCC(COc3cnc(N4C[C@H](c5cc(F)ccc5F)[C@@H](N)C4)nc3)CC2)no1. The Balaban J connectivity index is 1.11. The van der Waals surface area contributed by atoms with E-state index in [-0.39, 0.29) is 23.4 Å². The first kappa shape index (κ1) is 24.4. The Kier molecular flexibility index (Phi) is 6.99. The molecular formula is C25H31F2N7O2. The molecule has 0 saturated carbocycles. The van der Waals surface area contributed by atoms with Crippen LogP contribution in [0.1, 0.15) is 50.0 Å². The Morgan fingerprint density at radius 2 is 1.83 bits per heavy atom. The first-order chi connectivity index (χ1) is 17.4. The molecule has 11 heteroatoms. The van der Waals surface area contributed by atoms with Crippen molar-refractivity contribution in [3.05, 3.63) is 53.7 Å². The van der Waals surface area contributed by atoms with Crippen LogP contribution in [0.5, 0.6) is 5.75 Å². The lowest BCUT2D eigenvalue weighted by Gasteiger charge is -2.30. The summed E-state index contributed by atoms with van der Waals surface area (Å²) in [6, 6.07) is 3.12. The van der Waals surface area contributed by atoms with Crippen LogP contribution in [0.25, 0.3) is 0 Å². The molecule has 0 bridgehead atoms. The van der Waals surface area contributed by atoms with E-state index in [4.69, 9.17) is 15.0 Å². The summed E-state index contributed by atoms with van der Waals surface area (Å²) in [6.45, 7) is 7.21. The molecule has 2 aliphatic rings. The summed E-state index contributed by atoms with van der Waals surface area (Å²) in [5, 5.41) is 4.10. The molecule has 0 spiro atoms. The van der Waals surface area contributed by atoms with E-state index in [9.17, 15) is 8.78 Å². The number of aromatic nitrogens is 4. The fourth-order valence-electron chi connectivity index (χ4n) is 4.77. The van der Waals surface area contributed by atoms with Gasteiger partial charge in [0.25, 0.3) is 5.95 Å². The molecule has 0 unspecified atom stereocenters. The summed E-state index contributed by atoms with van der Waals surface area (Å²) >= 11 is 0. The molecule has 4 heterocycles. The van der Waals surface area contributed by atoms with Crippen LogP contribution in [0.2, 0.25) is 0 Å². The molecule has 0 aliphatic carbocycles. The highest BCUT2D eigenvalue weighted by Crippen LogP contribution is 2.31. The monoisotopic (exact) mass is 499 g/mol. The van der Waals surface area contributed by atoms with Crippen molar-refractivity contribution in [3.8, 4) is 5.75 Å². The summed E-state index contributed by atoms with van der Waals surface area (Å²) in [6.07, 6.45) is 5.22. The number of nitrogens with two attached hydrogens (primary N) is 1. The lowest BCUT2D eigenvalue weighted by Crippen LogP contribution is -2.36. The molecule has 192 valence electrons. The van der Waals surface area contributed by atoms with Crippen molar-refractivity contribution in [2.45, 2.75) is 44.6 Å². The van der Waals surface area contributed by atoms with Crippen LogP contribution in [-0.2, 0) is 0 Å².